The third-order valence-corrected chi connectivity index (χ3v) is 2.46. The molecule has 0 amide bonds. The van der Waals surface area contributed by atoms with Crippen molar-refractivity contribution in [2.45, 2.75) is 18.6 Å². The van der Waals surface area contributed by atoms with Crippen LogP contribution >= 0.6 is 0 Å². The molecular weight excluding hydrogens is 256 g/mol. The molecule has 0 radical (unpaired) electrons. The molecule has 0 heterocycles. The molecule has 0 saturated carbocycles. The largest absolute Gasteiger partial charge is 0.478 e. The number of nitrogens with zero attached hydrogens (tertiary/aromatic N) is 2. The number of nitro groups is 1. The molecule has 8 heteroatoms. The highest BCUT2D eigenvalue weighted by molar-refractivity contribution is 5.88. The van der Waals surface area contributed by atoms with Crippen LogP contribution in [0, 0.1) is 21.4 Å². The number of nitriles is 1. The zero-order valence-corrected chi connectivity index (χ0v) is 9.55. The smallest absolute Gasteiger partial charge is 0.335 e. The van der Waals surface area contributed by atoms with E-state index >= 15 is 0 Å². The zero-order valence-electron chi connectivity index (χ0n) is 9.55. The van der Waals surface area contributed by atoms with E-state index in [0.717, 1.165) is 18.2 Å². The van der Waals surface area contributed by atoms with Crippen molar-refractivity contribution < 1.29 is 25.0 Å². The monoisotopic (exact) mass is 266 g/mol. The number of carbonyl (C=O) groups is 1. The van der Waals surface area contributed by atoms with Gasteiger partial charge in [-0.25, -0.2) is 4.79 Å². The Morgan fingerprint density at radius 1 is 1.47 bits per heavy atom. The summed E-state index contributed by atoms with van der Waals surface area (Å²) in [6, 6.07) is 4.54. The summed E-state index contributed by atoms with van der Waals surface area (Å²) in [6.07, 6.45) is -3.53. The number of aliphatic hydroxyl groups is 2. The molecular formula is C11H10N2O6. The number of hydrogen-bond acceptors (Lipinski definition) is 6. The van der Waals surface area contributed by atoms with Crippen LogP contribution in [0.4, 0.5) is 5.69 Å². The molecule has 19 heavy (non-hydrogen) atoms. The Bertz CT molecular complexity index is 551. The maximum absolute atomic E-state index is 10.8. The molecule has 2 atom stereocenters. The minimum Gasteiger partial charge on any atom is -0.478 e. The van der Waals surface area contributed by atoms with Crippen molar-refractivity contribution in [3.8, 4) is 6.07 Å². The van der Waals surface area contributed by atoms with E-state index in [9.17, 15) is 25.1 Å². The minimum atomic E-state index is -1.64. The Morgan fingerprint density at radius 2 is 2.11 bits per heavy atom. The van der Waals surface area contributed by atoms with Crippen molar-refractivity contribution in [3.05, 3.63) is 39.4 Å². The summed E-state index contributed by atoms with van der Waals surface area (Å²) in [5.41, 5.74) is -1.17. The van der Waals surface area contributed by atoms with Crippen LogP contribution in [-0.4, -0.2) is 32.3 Å². The van der Waals surface area contributed by atoms with Crippen molar-refractivity contribution >= 4 is 11.7 Å². The quantitative estimate of drug-likeness (QED) is 0.522. The molecule has 0 aliphatic heterocycles. The van der Waals surface area contributed by atoms with Gasteiger partial charge in [-0.3, -0.25) is 10.1 Å². The number of benzene rings is 1. The molecule has 0 aromatic heterocycles. The lowest BCUT2D eigenvalue weighted by Crippen LogP contribution is -2.19. The lowest BCUT2D eigenvalue weighted by atomic mass is 9.99. The lowest BCUT2D eigenvalue weighted by Gasteiger charge is -2.15. The number of carboxylic acids is 1. The Kier molecular flexibility index (Phi) is 4.52. The Labute approximate surface area is 107 Å². The maximum atomic E-state index is 10.8. The number of hydrogen-bond donors (Lipinski definition) is 3. The Morgan fingerprint density at radius 3 is 2.58 bits per heavy atom. The van der Waals surface area contributed by atoms with Crippen LogP contribution in [0.25, 0.3) is 0 Å². The molecule has 0 aliphatic carbocycles. The molecule has 3 N–H and O–H groups in total. The molecule has 0 aliphatic rings. The first-order chi connectivity index (χ1) is 8.88. The van der Waals surface area contributed by atoms with Gasteiger partial charge in [0.15, 0.2) is 0 Å². The highest BCUT2D eigenvalue weighted by Crippen LogP contribution is 2.29. The molecule has 0 spiro atoms. The van der Waals surface area contributed by atoms with Crippen LogP contribution in [0.1, 0.15) is 28.4 Å². The van der Waals surface area contributed by atoms with E-state index in [1.54, 1.807) is 6.07 Å². The number of rotatable bonds is 5. The molecule has 1 aromatic carbocycles. The third-order valence-electron chi connectivity index (χ3n) is 2.46. The molecule has 1 aromatic rings. The highest BCUT2D eigenvalue weighted by atomic mass is 16.6. The van der Waals surface area contributed by atoms with Gasteiger partial charge in [0.2, 0.25) is 0 Å². The van der Waals surface area contributed by atoms with Crippen LogP contribution in [0.3, 0.4) is 0 Å². The Balaban J connectivity index is 3.24. The first-order valence-electron chi connectivity index (χ1n) is 5.13. The van der Waals surface area contributed by atoms with Crippen molar-refractivity contribution in [1.29, 1.82) is 5.26 Å². The van der Waals surface area contributed by atoms with Gasteiger partial charge in [0.25, 0.3) is 5.69 Å². The van der Waals surface area contributed by atoms with Gasteiger partial charge in [0, 0.05) is 6.07 Å². The fraction of sp³-hybridized carbons (Fsp3) is 0.273. The molecule has 0 bridgehead atoms. The van der Waals surface area contributed by atoms with Gasteiger partial charge < -0.3 is 15.3 Å². The summed E-state index contributed by atoms with van der Waals surface area (Å²) in [5, 5.41) is 47.1. The van der Waals surface area contributed by atoms with E-state index in [0.29, 0.717) is 0 Å². The normalized spacial score (nSPS) is 13.3. The van der Waals surface area contributed by atoms with Crippen molar-refractivity contribution in [1.82, 2.24) is 0 Å². The summed E-state index contributed by atoms with van der Waals surface area (Å²) in [7, 11) is 0. The second-order valence-electron chi connectivity index (χ2n) is 3.71. The molecule has 8 nitrogen and oxygen atoms in total. The summed E-state index contributed by atoms with van der Waals surface area (Å²) >= 11 is 0. The van der Waals surface area contributed by atoms with E-state index < -0.39 is 35.2 Å². The fourth-order valence-corrected chi connectivity index (χ4v) is 1.50. The van der Waals surface area contributed by atoms with Crippen LogP contribution in [0.15, 0.2) is 18.2 Å². The molecule has 0 saturated heterocycles. The van der Waals surface area contributed by atoms with Gasteiger partial charge in [-0.05, 0) is 12.1 Å². The third kappa shape index (κ3) is 3.25. The maximum Gasteiger partial charge on any atom is 0.335 e. The Hall–Kier alpha value is -2.50. The topological polar surface area (TPSA) is 145 Å². The second kappa shape index (κ2) is 5.90. The predicted octanol–water partition coefficient (Wildman–Crippen LogP) is 0.601. The molecule has 0 fully saturated rings. The highest BCUT2D eigenvalue weighted by Gasteiger charge is 2.27. The second-order valence-corrected chi connectivity index (χ2v) is 3.71. The van der Waals surface area contributed by atoms with E-state index in [-0.39, 0.29) is 11.1 Å². The number of aliphatic hydroxyl groups excluding tert-OH is 2. The standard InChI is InChI=1S/C11H10N2O6/c12-4-3-9(14)10(15)7-2-1-6(11(16)17)5-8(7)13(18)19/h1-2,5,9-10,14-15H,3H2,(H,16,17). The summed E-state index contributed by atoms with van der Waals surface area (Å²) < 4.78 is 0. The van der Waals surface area contributed by atoms with Crippen LogP contribution in [-0.2, 0) is 0 Å². The van der Waals surface area contributed by atoms with E-state index in [1.165, 1.54) is 0 Å². The summed E-state index contributed by atoms with van der Waals surface area (Å²) in [5.74, 6) is -1.35. The van der Waals surface area contributed by atoms with Crippen molar-refractivity contribution in [2.75, 3.05) is 0 Å². The average molecular weight is 266 g/mol. The molecule has 100 valence electrons. The zero-order chi connectivity index (χ0) is 14.6. The molecule has 2 unspecified atom stereocenters. The van der Waals surface area contributed by atoms with Gasteiger partial charge in [-0.15, -0.1) is 0 Å². The summed E-state index contributed by atoms with van der Waals surface area (Å²) in [4.78, 5) is 20.7. The SMILES string of the molecule is N#CCC(O)C(O)c1ccc(C(=O)O)cc1[N+](=O)[O-]. The average Bonchev–Trinajstić information content (AvgIpc) is 2.37. The van der Waals surface area contributed by atoms with Gasteiger partial charge in [-0.2, -0.15) is 5.26 Å². The first-order valence-corrected chi connectivity index (χ1v) is 5.13. The number of carboxylic acid groups (broad SMARTS) is 1. The van der Waals surface area contributed by atoms with Crippen LogP contribution in [0.2, 0.25) is 0 Å². The van der Waals surface area contributed by atoms with E-state index in [2.05, 4.69) is 0 Å². The van der Waals surface area contributed by atoms with Crippen molar-refractivity contribution in [3.63, 3.8) is 0 Å². The summed E-state index contributed by atoms with van der Waals surface area (Å²) in [6.45, 7) is 0. The van der Waals surface area contributed by atoms with Gasteiger partial charge in [-0.1, -0.05) is 0 Å². The van der Waals surface area contributed by atoms with Crippen molar-refractivity contribution in [2.24, 2.45) is 0 Å². The first kappa shape index (κ1) is 14.6. The predicted molar refractivity (Wildman–Crippen MR) is 61.3 cm³/mol. The minimum absolute atomic E-state index is 0.238. The molecule has 1 rings (SSSR count). The van der Waals surface area contributed by atoms with E-state index in [4.69, 9.17) is 10.4 Å². The van der Waals surface area contributed by atoms with Crippen LogP contribution < -0.4 is 0 Å². The number of nitro benzene ring substituents is 1. The fourth-order valence-electron chi connectivity index (χ4n) is 1.50. The van der Waals surface area contributed by atoms with Gasteiger partial charge in [0.05, 0.1) is 34.6 Å². The van der Waals surface area contributed by atoms with E-state index in [1.807, 2.05) is 0 Å². The lowest BCUT2D eigenvalue weighted by molar-refractivity contribution is -0.386. The number of aromatic carboxylic acids is 1. The van der Waals surface area contributed by atoms with Crippen LogP contribution in [0.5, 0.6) is 0 Å². The van der Waals surface area contributed by atoms with Gasteiger partial charge in [0.1, 0.15) is 6.10 Å². The van der Waals surface area contributed by atoms with Gasteiger partial charge >= 0.3 is 5.97 Å².